The third kappa shape index (κ3) is 7.55. The Morgan fingerprint density at radius 2 is 1.77 bits per heavy atom. The van der Waals surface area contributed by atoms with Crippen LogP contribution in [-0.2, 0) is 9.59 Å². The van der Waals surface area contributed by atoms with Crippen LogP contribution in [0.4, 0.5) is 10.5 Å². The molecule has 3 amide bonds. The Bertz CT molecular complexity index is 1470. The van der Waals surface area contributed by atoms with Gasteiger partial charge in [0, 0.05) is 15.7 Å². The number of ether oxygens (including phenoxy) is 2. The second-order valence-electron chi connectivity index (χ2n) is 9.77. The maximum absolute atomic E-state index is 13.1. The first kappa shape index (κ1) is 29.4. The number of benzene rings is 3. The molecule has 1 N–H and O–H groups in total. The Kier molecular flexibility index (Phi) is 9.71. The number of carbonyl (C=O) groups excluding carboxylic acids is 3. The summed E-state index contributed by atoms with van der Waals surface area (Å²) in [6.45, 7) is 8.23. The molecule has 40 heavy (non-hydrogen) atoms. The highest BCUT2D eigenvalue weighted by molar-refractivity contribution is 9.10. The summed E-state index contributed by atoms with van der Waals surface area (Å²) in [7, 11) is 0. The van der Waals surface area contributed by atoms with Crippen LogP contribution >= 0.6 is 27.7 Å². The van der Waals surface area contributed by atoms with E-state index in [9.17, 15) is 14.4 Å². The molecule has 7 nitrogen and oxygen atoms in total. The SMILES string of the molecule is Cc1cccc(NC(=O)COc2ccc(Br)cc2/C=C2\SC(=O)N(CCOc3cc(C)ccc3C(C)C)C2=O)c1. The molecule has 0 saturated carbocycles. The van der Waals surface area contributed by atoms with E-state index in [4.69, 9.17) is 9.47 Å². The molecule has 0 aromatic heterocycles. The molecular weight excluding hydrogens is 592 g/mol. The molecule has 3 aromatic rings. The second-order valence-corrected chi connectivity index (χ2v) is 11.7. The van der Waals surface area contributed by atoms with E-state index in [1.165, 1.54) is 4.90 Å². The number of nitrogens with one attached hydrogen (secondary N) is 1. The van der Waals surface area contributed by atoms with E-state index < -0.39 is 5.91 Å². The van der Waals surface area contributed by atoms with Gasteiger partial charge in [0.15, 0.2) is 6.61 Å². The van der Waals surface area contributed by atoms with E-state index >= 15 is 0 Å². The molecule has 0 atom stereocenters. The number of anilines is 1. The third-order valence-electron chi connectivity index (χ3n) is 6.16. The van der Waals surface area contributed by atoms with E-state index in [1.54, 1.807) is 30.3 Å². The van der Waals surface area contributed by atoms with Crippen LogP contribution in [0.3, 0.4) is 0 Å². The summed E-state index contributed by atoms with van der Waals surface area (Å²) in [4.78, 5) is 39.7. The van der Waals surface area contributed by atoms with Crippen molar-refractivity contribution in [2.45, 2.75) is 33.6 Å². The molecule has 3 aromatic carbocycles. The van der Waals surface area contributed by atoms with Gasteiger partial charge in [0.1, 0.15) is 18.1 Å². The number of carbonyl (C=O) groups is 3. The predicted octanol–water partition coefficient (Wildman–Crippen LogP) is 7.32. The number of imide groups is 1. The van der Waals surface area contributed by atoms with Crippen molar-refractivity contribution in [3.8, 4) is 11.5 Å². The minimum atomic E-state index is -0.393. The van der Waals surface area contributed by atoms with Gasteiger partial charge in [-0.25, -0.2) is 0 Å². The lowest BCUT2D eigenvalue weighted by Gasteiger charge is -2.17. The molecule has 208 valence electrons. The average molecular weight is 624 g/mol. The molecule has 4 rings (SSSR count). The molecule has 1 saturated heterocycles. The van der Waals surface area contributed by atoms with Crippen molar-refractivity contribution in [3.05, 3.63) is 92.3 Å². The predicted molar refractivity (Wildman–Crippen MR) is 163 cm³/mol. The van der Waals surface area contributed by atoms with Crippen molar-refractivity contribution in [3.63, 3.8) is 0 Å². The van der Waals surface area contributed by atoms with E-state index in [0.29, 0.717) is 17.0 Å². The first-order chi connectivity index (χ1) is 19.1. The van der Waals surface area contributed by atoms with Crippen LogP contribution in [0.15, 0.2) is 70.0 Å². The van der Waals surface area contributed by atoms with E-state index in [0.717, 1.165) is 38.7 Å². The lowest BCUT2D eigenvalue weighted by atomic mass is 10.0. The van der Waals surface area contributed by atoms with Crippen molar-refractivity contribution >= 4 is 56.5 Å². The van der Waals surface area contributed by atoms with E-state index in [-0.39, 0.29) is 41.7 Å². The highest BCUT2D eigenvalue weighted by Gasteiger charge is 2.35. The van der Waals surface area contributed by atoms with Crippen LogP contribution in [0.2, 0.25) is 0 Å². The Labute approximate surface area is 247 Å². The fourth-order valence-corrected chi connectivity index (χ4v) is 5.39. The molecule has 1 aliphatic rings. The van der Waals surface area contributed by atoms with E-state index in [1.807, 2.05) is 50.2 Å². The van der Waals surface area contributed by atoms with Gasteiger partial charge >= 0.3 is 0 Å². The lowest BCUT2D eigenvalue weighted by molar-refractivity contribution is -0.123. The molecule has 0 unspecified atom stereocenters. The molecule has 0 spiro atoms. The Hall–Kier alpha value is -3.56. The zero-order valence-electron chi connectivity index (χ0n) is 22.8. The molecule has 0 radical (unpaired) electrons. The monoisotopic (exact) mass is 622 g/mol. The Balaban J connectivity index is 1.41. The fourth-order valence-electron chi connectivity index (χ4n) is 4.15. The van der Waals surface area contributed by atoms with Crippen molar-refractivity contribution in [2.24, 2.45) is 0 Å². The van der Waals surface area contributed by atoms with Crippen LogP contribution in [0.1, 0.15) is 42.0 Å². The molecule has 1 heterocycles. The molecule has 1 aliphatic heterocycles. The van der Waals surface area contributed by atoms with Crippen molar-refractivity contribution in [2.75, 3.05) is 25.1 Å². The maximum atomic E-state index is 13.1. The van der Waals surface area contributed by atoms with Gasteiger partial charge in [-0.2, -0.15) is 0 Å². The third-order valence-corrected chi connectivity index (χ3v) is 7.56. The van der Waals surface area contributed by atoms with Crippen molar-refractivity contribution < 1.29 is 23.9 Å². The molecule has 9 heteroatoms. The number of aryl methyl sites for hydroxylation is 2. The van der Waals surface area contributed by atoms with Crippen LogP contribution < -0.4 is 14.8 Å². The number of hydrogen-bond acceptors (Lipinski definition) is 6. The van der Waals surface area contributed by atoms with Gasteiger partial charge in [-0.05, 0) is 90.7 Å². The number of nitrogens with zero attached hydrogens (tertiary/aromatic N) is 1. The van der Waals surface area contributed by atoms with Crippen molar-refractivity contribution in [1.29, 1.82) is 0 Å². The molecule has 0 bridgehead atoms. The summed E-state index contributed by atoms with van der Waals surface area (Å²) in [5, 5.41) is 2.45. The van der Waals surface area contributed by atoms with Gasteiger partial charge in [0.2, 0.25) is 0 Å². The first-order valence-electron chi connectivity index (χ1n) is 12.9. The maximum Gasteiger partial charge on any atom is 0.293 e. The zero-order valence-corrected chi connectivity index (χ0v) is 25.2. The Morgan fingerprint density at radius 1 is 1.00 bits per heavy atom. The topological polar surface area (TPSA) is 84.9 Å². The van der Waals surface area contributed by atoms with Gasteiger partial charge in [-0.1, -0.05) is 54.0 Å². The summed E-state index contributed by atoms with van der Waals surface area (Å²) >= 11 is 4.31. The van der Waals surface area contributed by atoms with Gasteiger partial charge < -0.3 is 14.8 Å². The molecular formula is C31H31BrN2O5S. The van der Waals surface area contributed by atoms with Gasteiger partial charge in [0.05, 0.1) is 11.4 Å². The lowest BCUT2D eigenvalue weighted by Crippen LogP contribution is -2.32. The van der Waals surface area contributed by atoms with Crippen LogP contribution in [0.25, 0.3) is 6.08 Å². The number of thioether (sulfide) groups is 1. The summed E-state index contributed by atoms with van der Waals surface area (Å²) in [5.41, 5.74) is 4.44. The highest BCUT2D eigenvalue weighted by Crippen LogP contribution is 2.35. The van der Waals surface area contributed by atoms with Crippen molar-refractivity contribution in [1.82, 2.24) is 4.90 Å². The largest absolute Gasteiger partial charge is 0.491 e. The summed E-state index contributed by atoms with van der Waals surface area (Å²) in [6.07, 6.45) is 1.61. The number of hydrogen-bond donors (Lipinski definition) is 1. The molecule has 0 aliphatic carbocycles. The summed E-state index contributed by atoms with van der Waals surface area (Å²) in [6, 6.07) is 18.8. The Morgan fingerprint density at radius 3 is 2.52 bits per heavy atom. The van der Waals surface area contributed by atoms with Gasteiger partial charge in [-0.15, -0.1) is 0 Å². The number of halogens is 1. The van der Waals surface area contributed by atoms with Crippen LogP contribution in [0.5, 0.6) is 11.5 Å². The highest BCUT2D eigenvalue weighted by atomic mass is 79.9. The number of amides is 3. The smallest absolute Gasteiger partial charge is 0.293 e. The minimum Gasteiger partial charge on any atom is -0.491 e. The molecule has 1 fully saturated rings. The quantitative estimate of drug-likeness (QED) is 0.238. The van der Waals surface area contributed by atoms with Gasteiger partial charge in [-0.3, -0.25) is 19.3 Å². The van der Waals surface area contributed by atoms with E-state index in [2.05, 4.69) is 35.1 Å². The van der Waals surface area contributed by atoms with Gasteiger partial charge in [0.25, 0.3) is 17.1 Å². The summed E-state index contributed by atoms with van der Waals surface area (Å²) < 4.78 is 12.5. The zero-order chi connectivity index (χ0) is 28.8. The summed E-state index contributed by atoms with van der Waals surface area (Å²) in [5.74, 6) is 0.758. The first-order valence-corrected chi connectivity index (χ1v) is 14.5. The number of rotatable bonds is 10. The normalized spacial score (nSPS) is 14.2. The van der Waals surface area contributed by atoms with Crippen LogP contribution in [0, 0.1) is 13.8 Å². The van der Waals surface area contributed by atoms with Crippen LogP contribution in [-0.4, -0.2) is 41.7 Å². The average Bonchev–Trinajstić information content (AvgIpc) is 3.15. The minimum absolute atomic E-state index is 0.133. The second kappa shape index (κ2) is 13.2. The standard InChI is InChI=1S/C31H31BrN2O5S/c1-19(2)25-10-8-21(4)15-27(25)38-13-12-34-30(36)28(40-31(34)37)17-22-16-23(32)9-11-26(22)39-18-29(35)33-24-7-5-6-20(3)14-24/h5-11,14-17,19H,12-13,18H2,1-4H3,(H,33,35)/b28-17-. The fraction of sp³-hybridized carbons (Fsp3) is 0.258.